The standard InChI is InChI=1S/C26H33ClN2O2/c1-26(2)16-24(31)28-25-21(14-20(27)15-22(25)26)23(30)10-12-29-11-6-9-19(17-29)13-18-7-4-3-5-8-18/h3-5,7-8,14-15,19,23,30H,6,9-13,16-17H2,1-2H3,(H,28,31)/t19-,23?/m1/s1. The van der Waals surface area contributed by atoms with Crippen LogP contribution in [-0.4, -0.2) is 35.5 Å². The van der Waals surface area contributed by atoms with Gasteiger partial charge in [0.25, 0.3) is 0 Å². The van der Waals surface area contributed by atoms with E-state index in [-0.39, 0.29) is 11.3 Å². The smallest absolute Gasteiger partial charge is 0.225 e. The van der Waals surface area contributed by atoms with E-state index in [4.69, 9.17) is 11.6 Å². The molecule has 31 heavy (non-hydrogen) atoms. The van der Waals surface area contributed by atoms with Crippen LogP contribution < -0.4 is 5.32 Å². The molecule has 4 rings (SSSR count). The summed E-state index contributed by atoms with van der Waals surface area (Å²) >= 11 is 6.40. The molecule has 2 atom stereocenters. The van der Waals surface area contributed by atoms with Gasteiger partial charge in [0, 0.05) is 35.5 Å². The van der Waals surface area contributed by atoms with Crippen molar-refractivity contribution in [2.45, 2.75) is 57.5 Å². The summed E-state index contributed by atoms with van der Waals surface area (Å²) in [5.41, 5.74) is 3.60. The van der Waals surface area contributed by atoms with Gasteiger partial charge in [0.05, 0.1) is 11.8 Å². The third kappa shape index (κ3) is 5.31. The minimum absolute atomic E-state index is 0.00643. The Balaban J connectivity index is 1.41. The lowest BCUT2D eigenvalue weighted by atomic mass is 9.76. The fourth-order valence-electron chi connectivity index (χ4n) is 5.17. The minimum atomic E-state index is -0.656. The number of aliphatic hydroxyl groups is 1. The van der Waals surface area contributed by atoms with Crippen molar-refractivity contribution >= 4 is 23.2 Å². The number of halogens is 1. The Bertz CT molecular complexity index is 929. The zero-order chi connectivity index (χ0) is 22.0. The summed E-state index contributed by atoms with van der Waals surface area (Å²) in [6, 6.07) is 14.4. The lowest BCUT2D eigenvalue weighted by molar-refractivity contribution is -0.117. The fraction of sp³-hybridized carbons (Fsp3) is 0.500. The van der Waals surface area contributed by atoms with Gasteiger partial charge in [-0.25, -0.2) is 0 Å². The van der Waals surface area contributed by atoms with Gasteiger partial charge in [-0.05, 0) is 61.4 Å². The van der Waals surface area contributed by atoms with Crippen LogP contribution in [0.5, 0.6) is 0 Å². The van der Waals surface area contributed by atoms with Crippen molar-refractivity contribution in [3.05, 3.63) is 64.2 Å². The van der Waals surface area contributed by atoms with Crippen LogP contribution in [0.4, 0.5) is 5.69 Å². The quantitative estimate of drug-likeness (QED) is 0.637. The third-order valence-electron chi connectivity index (χ3n) is 6.78. The molecule has 1 saturated heterocycles. The molecule has 0 spiro atoms. The summed E-state index contributed by atoms with van der Waals surface area (Å²) in [7, 11) is 0. The number of likely N-dealkylation sites (tertiary alicyclic amines) is 1. The zero-order valence-corrected chi connectivity index (χ0v) is 19.3. The van der Waals surface area contributed by atoms with E-state index in [9.17, 15) is 9.90 Å². The Kier molecular flexibility index (Phi) is 6.71. The van der Waals surface area contributed by atoms with Gasteiger partial charge in [-0.1, -0.05) is 55.8 Å². The van der Waals surface area contributed by atoms with E-state index >= 15 is 0 Å². The molecule has 2 aliphatic rings. The van der Waals surface area contributed by atoms with Crippen LogP contribution in [0.1, 0.15) is 62.3 Å². The highest BCUT2D eigenvalue weighted by Gasteiger charge is 2.34. The number of anilines is 1. The highest BCUT2D eigenvalue weighted by Crippen LogP contribution is 2.43. The fourth-order valence-corrected chi connectivity index (χ4v) is 5.40. The van der Waals surface area contributed by atoms with Gasteiger partial charge in [0.15, 0.2) is 0 Å². The maximum absolute atomic E-state index is 12.3. The molecule has 0 aliphatic carbocycles. The Hall–Kier alpha value is -1.88. The number of hydrogen-bond donors (Lipinski definition) is 2. The van der Waals surface area contributed by atoms with E-state index in [0.29, 0.717) is 23.8 Å². The van der Waals surface area contributed by atoms with Gasteiger partial charge in [0.2, 0.25) is 5.91 Å². The van der Waals surface area contributed by atoms with Crippen LogP contribution in [0.15, 0.2) is 42.5 Å². The maximum atomic E-state index is 12.3. The van der Waals surface area contributed by atoms with E-state index in [1.165, 1.54) is 18.4 Å². The summed E-state index contributed by atoms with van der Waals surface area (Å²) in [5, 5.41) is 14.7. The molecular weight excluding hydrogens is 408 g/mol. The molecule has 0 saturated carbocycles. The number of carbonyl (C=O) groups is 1. The number of benzene rings is 2. The summed E-state index contributed by atoms with van der Waals surface area (Å²) < 4.78 is 0. The second-order valence-corrected chi connectivity index (χ2v) is 10.3. The molecule has 2 aromatic rings. The van der Waals surface area contributed by atoms with Crippen LogP contribution in [-0.2, 0) is 16.6 Å². The van der Waals surface area contributed by atoms with Gasteiger partial charge in [-0.2, -0.15) is 0 Å². The Morgan fingerprint density at radius 1 is 1.26 bits per heavy atom. The molecule has 2 aliphatic heterocycles. The average molecular weight is 441 g/mol. The number of fused-ring (bicyclic) bond motifs is 1. The minimum Gasteiger partial charge on any atom is -0.388 e. The normalized spacial score (nSPS) is 21.9. The largest absolute Gasteiger partial charge is 0.388 e. The zero-order valence-electron chi connectivity index (χ0n) is 18.5. The molecule has 1 amide bonds. The molecule has 5 heteroatoms. The second kappa shape index (κ2) is 9.32. The van der Waals surface area contributed by atoms with E-state index in [2.05, 4.69) is 54.4 Å². The maximum Gasteiger partial charge on any atom is 0.225 e. The molecule has 0 bridgehead atoms. The summed E-state index contributed by atoms with van der Waals surface area (Å²) in [6.45, 7) is 7.09. The predicted molar refractivity (Wildman–Crippen MR) is 127 cm³/mol. The lowest BCUT2D eigenvalue weighted by Crippen LogP contribution is -2.37. The Morgan fingerprint density at radius 2 is 2.03 bits per heavy atom. The van der Waals surface area contributed by atoms with Crippen molar-refractivity contribution in [1.82, 2.24) is 4.90 Å². The number of amides is 1. The van der Waals surface area contributed by atoms with Gasteiger partial charge in [0.1, 0.15) is 0 Å². The first kappa shape index (κ1) is 22.3. The summed E-state index contributed by atoms with van der Waals surface area (Å²) in [4.78, 5) is 14.7. The van der Waals surface area contributed by atoms with E-state index < -0.39 is 6.10 Å². The van der Waals surface area contributed by atoms with E-state index in [1.54, 1.807) is 6.07 Å². The molecule has 166 valence electrons. The van der Waals surface area contributed by atoms with Crippen molar-refractivity contribution < 1.29 is 9.90 Å². The number of nitrogens with one attached hydrogen (secondary N) is 1. The lowest BCUT2D eigenvalue weighted by Gasteiger charge is -2.35. The third-order valence-corrected chi connectivity index (χ3v) is 7.00. The molecule has 2 N–H and O–H groups in total. The first-order valence-corrected chi connectivity index (χ1v) is 11.8. The number of hydrogen-bond acceptors (Lipinski definition) is 3. The molecular formula is C26H33ClN2O2. The topological polar surface area (TPSA) is 52.6 Å². The Labute approximate surface area is 190 Å². The summed E-state index contributed by atoms with van der Waals surface area (Å²) in [6.07, 6.45) is 3.97. The molecule has 1 fully saturated rings. The van der Waals surface area contributed by atoms with Gasteiger partial charge >= 0.3 is 0 Å². The summed E-state index contributed by atoms with van der Waals surface area (Å²) in [5.74, 6) is 0.653. The molecule has 4 nitrogen and oxygen atoms in total. The van der Waals surface area contributed by atoms with Gasteiger partial charge < -0.3 is 15.3 Å². The first-order valence-electron chi connectivity index (χ1n) is 11.4. The van der Waals surface area contributed by atoms with Crippen molar-refractivity contribution in [2.75, 3.05) is 25.0 Å². The van der Waals surface area contributed by atoms with Crippen LogP contribution >= 0.6 is 11.6 Å². The molecule has 1 unspecified atom stereocenters. The number of rotatable bonds is 6. The second-order valence-electron chi connectivity index (χ2n) is 9.83. The van der Waals surface area contributed by atoms with E-state index in [0.717, 1.165) is 42.9 Å². The van der Waals surface area contributed by atoms with Crippen LogP contribution in [0, 0.1) is 5.92 Å². The number of nitrogens with zero attached hydrogens (tertiary/aromatic N) is 1. The van der Waals surface area contributed by atoms with E-state index in [1.807, 2.05) is 6.07 Å². The molecule has 0 aromatic heterocycles. The SMILES string of the molecule is CC1(C)CC(=O)Nc2c(C(O)CCN3CCC[C@H](Cc4ccccc4)C3)cc(Cl)cc21. The highest BCUT2D eigenvalue weighted by molar-refractivity contribution is 6.31. The molecule has 2 heterocycles. The monoisotopic (exact) mass is 440 g/mol. The van der Waals surface area contributed by atoms with Gasteiger partial charge in [-0.3, -0.25) is 4.79 Å². The predicted octanol–water partition coefficient (Wildman–Crippen LogP) is 5.34. The average Bonchev–Trinajstić information content (AvgIpc) is 2.73. The highest BCUT2D eigenvalue weighted by atomic mass is 35.5. The van der Waals surface area contributed by atoms with Crippen molar-refractivity contribution in [3.63, 3.8) is 0 Å². The number of carbonyl (C=O) groups excluding carboxylic acids is 1. The van der Waals surface area contributed by atoms with Crippen molar-refractivity contribution in [2.24, 2.45) is 5.92 Å². The molecule has 2 aromatic carbocycles. The van der Waals surface area contributed by atoms with Crippen LogP contribution in [0.2, 0.25) is 5.02 Å². The number of aliphatic hydroxyl groups excluding tert-OH is 1. The molecule has 0 radical (unpaired) electrons. The van der Waals surface area contributed by atoms with Crippen molar-refractivity contribution in [3.8, 4) is 0 Å². The first-order chi connectivity index (χ1) is 14.8. The Morgan fingerprint density at radius 3 is 2.81 bits per heavy atom. The van der Waals surface area contributed by atoms with Crippen LogP contribution in [0.3, 0.4) is 0 Å². The van der Waals surface area contributed by atoms with Gasteiger partial charge in [-0.15, -0.1) is 0 Å². The number of piperidine rings is 1. The van der Waals surface area contributed by atoms with Crippen molar-refractivity contribution in [1.29, 1.82) is 0 Å². The van der Waals surface area contributed by atoms with Crippen LogP contribution in [0.25, 0.3) is 0 Å².